The summed E-state index contributed by atoms with van der Waals surface area (Å²) in [5, 5.41) is 12.2. The summed E-state index contributed by atoms with van der Waals surface area (Å²) >= 11 is 0. The van der Waals surface area contributed by atoms with E-state index in [2.05, 4.69) is 5.32 Å². The summed E-state index contributed by atoms with van der Waals surface area (Å²) in [6.45, 7) is 4.61. The fourth-order valence-corrected chi connectivity index (χ4v) is 1.27. The van der Waals surface area contributed by atoms with E-state index in [0.29, 0.717) is 25.3 Å². The normalized spacial score (nSPS) is 9.88. The van der Waals surface area contributed by atoms with E-state index in [1.165, 1.54) is 0 Å². The van der Waals surface area contributed by atoms with Gasteiger partial charge in [-0.1, -0.05) is 13.0 Å². The van der Waals surface area contributed by atoms with E-state index < -0.39 is 0 Å². The second kappa shape index (κ2) is 6.00. The number of ether oxygens (including phenoxy) is 1. The maximum atomic E-state index is 11.1. The van der Waals surface area contributed by atoms with E-state index in [4.69, 9.17) is 4.74 Å². The Morgan fingerprint density at radius 1 is 1.44 bits per heavy atom. The molecule has 0 bridgehead atoms. The summed E-state index contributed by atoms with van der Waals surface area (Å²) in [5.41, 5.74) is 0.906. The van der Waals surface area contributed by atoms with Crippen molar-refractivity contribution in [3.8, 4) is 11.5 Å². The Bertz CT molecular complexity index is 363. The van der Waals surface area contributed by atoms with Crippen molar-refractivity contribution >= 4 is 5.91 Å². The molecule has 0 unspecified atom stereocenters. The summed E-state index contributed by atoms with van der Waals surface area (Å²) in [4.78, 5) is 11.1. The van der Waals surface area contributed by atoms with Crippen LogP contribution >= 0.6 is 0 Å². The monoisotopic (exact) mass is 223 g/mol. The van der Waals surface area contributed by atoms with Crippen LogP contribution in [0.2, 0.25) is 0 Å². The molecule has 0 saturated heterocycles. The van der Waals surface area contributed by atoms with Crippen molar-refractivity contribution in [2.24, 2.45) is 0 Å². The molecule has 0 aliphatic heterocycles. The van der Waals surface area contributed by atoms with Crippen molar-refractivity contribution < 1.29 is 14.6 Å². The number of rotatable bonds is 5. The van der Waals surface area contributed by atoms with Crippen molar-refractivity contribution in [2.45, 2.75) is 26.8 Å². The molecule has 1 rings (SSSR count). The number of aromatic hydroxyl groups is 1. The Morgan fingerprint density at radius 3 is 2.81 bits per heavy atom. The van der Waals surface area contributed by atoms with Gasteiger partial charge in [-0.3, -0.25) is 4.79 Å². The van der Waals surface area contributed by atoms with E-state index in [9.17, 15) is 9.90 Å². The maximum absolute atomic E-state index is 11.1. The van der Waals surface area contributed by atoms with Gasteiger partial charge in [-0.2, -0.15) is 0 Å². The van der Waals surface area contributed by atoms with Crippen molar-refractivity contribution in [3.63, 3.8) is 0 Å². The number of nitrogens with one attached hydrogen (secondary N) is 1. The number of amides is 1. The van der Waals surface area contributed by atoms with Crippen molar-refractivity contribution in [3.05, 3.63) is 23.8 Å². The lowest BCUT2D eigenvalue weighted by Crippen LogP contribution is -2.21. The smallest absolute Gasteiger partial charge is 0.219 e. The summed E-state index contributed by atoms with van der Waals surface area (Å²) in [6.07, 6.45) is 0.469. The van der Waals surface area contributed by atoms with Crippen LogP contribution in [0, 0.1) is 0 Å². The molecule has 1 aromatic rings. The number of carbonyl (C=O) groups excluding carboxylic acids is 1. The molecule has 0 aliphatic rings. The highest BCUT2D eigenvalue weighted by Crippen LogP contribution is 2.26. The average Bonchev–Trinajstić information content (AvgIpc) is 2.30. The first-order valence-electron chi connectivity index (χ1n) is 5.38. The first-order chi connectivity index (χ1) is 7.67. The minimum Gasteiger partial charge on any atom is -0.504 e. The van der Waals surface area contributed by atoms with Crippen LogP contribution in [0.1, 0.15) is 25.8 Å². The zero-order valence-corrected chi connectivity index (χ0v) is 9.62. The molecule has 1 aromatic carbocycles. The molecule has 16 heavy (non-hydrogen) atoms. The lowest BCUT2D eigenvalue weighted by molar-refractivity contribution is -0.120. The first-order valence-corrected chi connectivity index (χ1v) is 5.38. The second-order valence-electron chi connectivity index (χ2n) is 3.37. The maximum Gasteiger partial charge on any atom is 0.219 e. The highest BCUT2D eigenvalue weighted by atomic mass is 16.5. The summed E-state index contributed by atoms with van der Waals surface area (Å²) in [6, 6.07) is 5.06. The van der Waals surface area contributed by atoms with Crippen LogP contribution in [-0.2, 0) is 11.3 Å². The van der Waals surface area contributed by atoms with Crippen molar-refractivity contribution in [1.29, 1.82) is 0 Å². The highest BCUT2D eigenvalue weighted by Gasteiger charge is 2.04. The van der Waals surface area contributed by atoms with Gasteiger partial charge in [0.15, 0.2) is 11.5 Å². The van der Waals surface area contributed by atoms with E-state index in [1.807, 2.05) is 6.92 Å². The van der Waals surface area contributed by atoms with Gasteiger partial charge < -0.3 is 15.2 Å². The molecule has 2 N–H and O–H groups in total. The lowest BCUT2D eigenvalue weighted by Gasteiger charge is -2.08. The molecule has 0 aromatic heterocycles. The van der Waals surface area contributed by atoms with Crippen LogP contribution in [0.3, 0.4) is 0 Å². The molecule has 4 nitrogen and oxygen atoms in total. The molecule has 0 atom stereocenters. The molecule has 1 amide bonds. The number of carbonyl (C=O) groups is 1. The van der Waals surface area contributed by atoms with Crippen LogP contribution < -0.4 is 10.1 Å². The van der Waals surface area contributed by atoms with Crippen LogP contribution in [0.4, 0.5) is 0 Å². The van der Waals surface area contributed by atoms with E-state index in [-0.39, 0.29) is 11.7 Å². The number of hydrogen-bond donors (Lipinski definition) is 2. The van der Waals surface area contributed by atoms with Crippen LogP contribution in [0.25, 0.3) is 0 Å². The van der Waals surface area contributed by atoms with Crippen LogP contribution in [0.15, 0.2) is 18.2 Å². The van der Waals surface area contributed by atoms with Gasteiger partial charge in [0.25, 0.3) is 0 Å². The molecule has 0 spiro atoms. The SMILES string of the molecule is CCOc1cc(CNC(=O)CC)ccc1O. The zero-order chi connectivity index (χ0) is 12.0. The first kappa shape index (κ1) is 12.4. The molecule has 4 heteroatoms. The van der Waals surface area contributed by atoms with E-state index in [0.717, 1.165) is 5.56 Å². The predicted octanol–water partition coefficient (Wildman–Crippen LogP) is 1.82. The molecule has 0 saturated carbocycles. The molecule has 0 fully saturated rings. The lowest BCUT2D eigenvalue weighted by atomic mass is 10.2. The van der Waals surface area contributed by atoms with Crippen LogP contribution in [0.5, 0.6) is 11.5 Å². The van der Waals surface area contributed by atoms with Gasteiger partial charge >= 0.3 is 0 Å². The Balaban J connectivity index is 2.67. The Hall–Kier alpha value is -1.71. The zero-order valence-electron chi connectivity index (χ0n) is 9.62. The molecule has 0 radical (unpaired) electrons. The quantitative estimate of drug-likeness (QED) is 0.800. The van der Waals surface area contributed by atoms with Gasteiger partial charge in [0, 0.05) is 13.0 Å². The van der Waals surface area contributed by atoms with Crippen LogP contribution in [-0.4, -0.2) is 17.6 Å². The highest BCUT2D eigenvalue weighted by molar-refractivity contribution is 5.75. The van der Waals surface area contributed by atoms with Gasteiger partial charge in [0.05, 0.1) is 6.61 Å². The standard InChI is InChI=1S/C12H17NO3/c1-3-12(15)13-8-9-5-6-10(14)11(7-9)16-4-2/h5-7,14H,3-4,8H2,1-2H3,(H,13,15). The third-order valence-corrected chi connectivity index (χ3v) is 2.13. The summed E-state index contributed by atoms with van der Waals surface area (Å²) in [5.74, 6) is 0.573. The minimum absolute atomic E-state index is 0.00559. The van der Waals surface area contributed by atoms with E-state index >= 15 is 0 Å². The topological polar surface area (TPSA) is 58.6 Å². The number of phenols is 1. The molecular formula is C12H17NO3. The number of hydrogen-bond acceptors (Lipinski definition) is 3. The van der Waals surface area contributed by atoms with Gasteiger partial charge in [-0.05, 0) is 24.6 Å². The fraction of sp³-hybridized carbons (Fsp3) is 0.417. The molecular weight excluding hydrogens is 206 g/mol. The molecule has 0 aliphatic carbocycles. The number of phenolic OH excluding ortho intramolecular Hbond substituents is 1. The van der Waals surface area contributed by atoms with Gasteiger partial charge in [0.2, 0.25) is 5.91 Å². The molecule has 0 heterocycles. The summed E-state index contributed by atoms with van der Waals surface area (Å²) < 4.78 is 5.25. The van der Waals surface area contributed by atoms with Gasteiger partial charge in [-0.25, -0.2) is 0 Å². The Labute approximate surface area is 95.2 Å². The number of benzene rings is 1. The fourth-order valence-electron chi connectivity index (χ4n) is 1.27. The minimum atomic E-state index is 0.00559. The van der Waals surface area contributed by atoms with Gasteiger partial charge in [-0.15, -0.1) is 0 Å². The third-order valence-electron chi connectivity index (χ3n) is 2.13. The third kappa shape index (κ3) is 3.46. The van der Waals surface area contributed by atoms with E-state index in [1.54, 1.807) is 25.1 Å². The van der Waals surface area contributed by atoms with Crippen molar-refractivity contribution in [2.75, 3.05) is 6.61 Å². The second-order valence-corrected chi connectivity index (χ2v) is 3.37. The predicted molar refractivity (Wildman–Crippen MR) is 61.4 cm³/mol. The van der Waals surface area contributed by atoms with Gasteiger partial charge in [0.1, 0.15) is 0 Å². The summed E-state index contributed by atoms with van der Waals surface area (Å²) in [7, 11) is 0. The largest absolute Gasteiger partial charge is 0.504 e. The average molecular weight is 223 g/mol. The molecule has 88 valence electrons. The Morgan fingerprint density at radius 2 is 2.19 bits per heavy atom. The Kier molecular flexibility index (Phi) is 4.64. The van der Waals surface area contributed by atoms with Crippen molar-refractivity contribution in [1.82, 2.24) is 5.32 Å².